The van der Waals surface area contributed by atoms with Gasteiger partial charge in [-0.1, -0.05) is 0 Å². The summed E-state index contributed by atoms with van der Waals surface area (Å²) < 4.78 is 0. The first kappa shape index (κ1) is 24.8. The quantitative estimate of drug-likeness (QED) is 0.456. The fourth-order valence-electron chi connectivity index (χ4n) is 0. The Bertz CT molecular complexity index is 12.9. The molecule has 7 heavy (non-hydrogen) atoms. The van der Waals surface area contributed by atoms with Gasteiger partial charge in [-0.2, -0.15) is 0 Å². The summed E-state index contributed by atoms with van der Waals surface area (Å²) in [4.78, 5) is 0. The van der Waals surface area contributed by atoms with Gasteiger partial charge in [0.25, 0.3) is 0 Å². The topological polar surface area (TPSA) is 53.1 Å². The van der Waals surface area contributed by atoms with E-state index < -0.39 is 0 Å². The first-order chi connectivity index (χ1) is 1.91. The molecule has 0 aromatic heterocycles. The highest BCUT2D eigenvalue weighted by atomic mass is 79.9. The molecule has 0 amide bonds. The number of hydrogen-bond acceptors (Lipinski definition) is 0. The third kappa shape index (κ3) is 46.4. The second-order valence-electron chi connectivity index (χ2n) is 0.816. The second kappa shape index (κ2) is 28.7. The lowest BCUT2D eigenvalue weighted by atomic mass is 10.8. The first-order valence-corrected chi connectivity index (χ1v) is 1.69. The predicted octanol–water partition coefficient (Wildman–Crippen LogP) is -6.42. The Morgan fingerprint density at radius 3 is 1.43 bits per heavy atom. The third-order valence-electron chi connectivity index (χ3n) is 0.408. The Morgan fingerprint density at radius 1 is 1.29 bits per heavy atom. The van der Waals surface area contributed by atoms with Crippen LogP contribution in [-0.4, -0.2) is 13.6 Å². The van der Waals surface area contributed by atoms with Crippen LogP contribution in [0.5, 0.6) is 0 Å². The molecule has 0 aliphatic carbocycles. The molecular weight excluding hydrogens is 224 g/mol. The third-order valence-corrected chi connectivity index (χ3v) is 0.408. The van der Waals surface area contributed by atoms with Crippen molar-refractivity contribution in [2.24, 2.45) is 0 Å². The van der Waals surface area contributed by atoms with Crippen molar-refractivity contribution in [1.29, 1.82) is 0 Å². The highest BCUT2D eigenvalue weighted by Crippen LogP contribution is 1.18. The minimum Gasteiger partial charge on any atom is -1.00 e. The summed E-state index contributed by atoms with van der Waals surface area (Å²) in [6, 6.07) is 0. The van der Waals surface area contributed by atoms with Crippen molar-refractivity contribution in [3.8, 4) is 0 Å². The molecule has 0 aromatic carbocycles. The molecule has 4 heteroatoms. The van der Waals surface area contributed by atoms with E-state index in [0.29, 0.717) is 0 Å². The molecule has 0 heterocycles. The van der Waals surface area contributed by atoms with E-state index in [-0.39, 0.29) is 40.1 Å². The number of halogens is 2. The highest BCUT2D eigenvalue weighted by molar-refractivity contribution is 3.84. The van der Waals surface area contributed by atoms with Crippen LogP contribution in [0.15, 0.2) is 0 Å². The van der Waals surface area contributed by atoms with Crippen molar-refractivity contribution in [3.63, 3.8) is 0 Å². The molecule has 0 saturated carbocycles. The molecule has 6 N–H and O–H groups in total. The smallest absolute Gasteiger partial charge is 0.0724 e. The van der Waals surface area contributed by atoms with Crippen molar-refractivity contribution in [3.05, 3.63) is 0 Å². The van der Waals surface area contributed by atoms with Gasteiger partial charge < -0.3 is 45.4 Å². The van der Waals surface area contributed by atoms with Crippen LogP contribution < -0.4 is 45.4 Å². The summed E-state index contributed by atoms with van der Waals surface area (Å²) >= 11 is 0. The van der Waals surface area contributed by atoms with Gasteiger partial charge in [-0.05, 0) is 6.92 Å². The van der Waals surface area contributed by atoms with Gasteiger partial charge in [0.05, 0.1) is 13.6 Å². The zero-order valence-electron chi connectivity index (χ0n) is 5.04. The number of nitrogens with two attached hydrogens (primary N) is 1. The molecule has 0 aliphatic rings. The van der Waals surface area contributed by atoms with E-state index in [1.807, 2.05) is 0 Å². The molecule has 0 aliphatic heterocycles. The van der Waals surface area contributed by atoms with Crippen LogP contribution in [0.1, 0.15) is 6.92 Å². The van der Waals surface area contributed by atoms with Crippen molar-refractivity contribution in [1.82, 2.24) is 6.15 Å². The maximum atomic E-state index is 2.12. The fourth-order valence-corrected chi connectivity index (χ4v) is 0. The van der Waals surface area contributed by atoms with Gasteiger partial charge in [-0.3, -0.25) is 0 Å². The molecule has 0 rings (SSSR count). The van der Waals surface area contributed by atoms with Gasteiger partial charge in [-0.15, -0.1) is 0 Å². The largest absolute Gasteiger partial charge is 1.00 e. The van der Waals surface area contributed by atoms with Crippen molar-refractivity contribution in [2.75, 3.05) is 13.6 Å². The van der Waals surface area contributed by atoms with Crippen molar-refractivity contribution >= 4 is 0 Å². The summed E-state index contributed by atoms with van der Waals surface area (Å²) in [5.41, 5.74) is 0. The number of rotatable bonds is 1. The normalized spacial score (nSPS) is 4.29. The second-order valence-corrected chi connectivity index (χ2v) is 0.816. The predicted molar refractivity (Wildman–Crippen MR) is 24.4 cm³/mol. The van der Waals surface area contributed by atoms with E-state index in [1.165, 1.54) is 6.54 Å². The van der Waals surface area contributed by atoms with E-state index in [0.717, 1.165) is 0 Å². The summed E-state index contributed by atoms with van der Waals surface area (Å²) in [7, 11) is 2.06. The molecule has 0 radical (unpaired) electrons. The molecule has 2 nitrogen and oxygen atoms in total. The summed E-state index contributed by atoms with van der Waals surface area (Å²) in [6.07, 6.45) is 0. The zero-order valence-corrected chi connectivity index (χ0v) is 8.21. The highest BCUT2D eigenvalue weighted by Gasteiger charge is 1.54. The van der Waals surface area contributed by atoms with Gasteiger partial charge >= 0.3 is 0 Å². The van der Waals surface area contributed by atoms with Crippen LogP contribution >= 0.6 is 0 Å². The van der Waals surface area contributed by atoms with E-state index in [2.05, 4.69) is 19.3 Å². The lowest BCUT2D eigenvalue weighted by molar-refractivity contribution is -0.623. The van der Waals surface area contributed by atoms with E-state index in [9.17, 15) is 0 Å². The maximum Gasteiger partial charge on any atom is 0.0724 e. The average molecular weight is 238 g/mol. The number of quaternary nitrogens is 2. The molecule has 0 spiro atoms. The minimum atomic E-state index is 0. The molecule has 0 bridgehead atoms. The molecule has 0 unspecified atom stereocenters. The number of hydrogen-bond donors (Lipinski definition) is 2. The Morgan fingerprint density at radius 2 is 1.43 bits per heavy atom. The molecule has 0 atom stereocenters. The Hall–Kier alpha value is 0.880. The van der Waals surface area contributed by atoms with E-state index in [4.69, 9.17) is 0 Å². The van der Waals surface area contributed by atoms with Gasteiger partial charge in [-0.25, -0.2) is 0 Å². The zero-order chi connectivity index (χ0) is 3.41. The Labute approximate surface area is 66.2 Å². The van der Waals surface area contributed by atoms with Crippen LogP contribution in [0.4, 0.5) is 0 Å². The molecule has 0 fully saturated rings. The van der Waals surface area contributed by atoms with Crippen molar-refractivity contribution in [2.45, 2.75) is 6.92 Å². The van der Waals surface area contributed by atoms with Gasteiger partial charge in [0.2, 0.25) is 0 Å². The SMILES string of the molecule is CC[NH2+]C.[Br-].[Br-].[NH4+]. The van der Waals surface area contributed by atoms with Crippen LogP contribution in [-0.2, 0) is 0 Å². The average Bonchev–Trinajstić information content (AvgIpc) is 1.37. The van der Waals surface area contributed by atoms with Gasteiger partial charge in [0.15, 0.2) is 0 Å². The Balaban J connectivity index is -0.0000000150. The first-order valence-electron chi connectivity index (χ1n) is 1.69. The molecular formula is C3H14Br2N2. The monoisotopic (exact) mass is 236 g/mol. The minimum absolute atomic E-state index is 0. The van der Waals surface area contributed by atoms with Gasteiger partial charge in [0, 0.05) is 0 Å². The van der Waals surface area contributed by atoms with Gasteiger partial charge in [0.1, 0.15) is 0 Å². The van der Waals surface area contributed by atoms with Crippen LogP contribution in [0, 0.1) is 0 Å². The lowest BCUT2D eigenvalue weighted by Gasteiger charge is -1.73. The standard InChI is InChI=1S/C3H9N.2BrH.H3N/c1-3-4-2;;;/h4H,3H2,1-2H3;2*1H;1H3. The maximum absolute atomic E-state index is 2.12. The lowest BCUT2D eigenvalue weighted by Crippen LogP contribution is -3.00. The van der Waals surface area contributed by atoms with Crippen LogP contribution in [0.25, 0.3) is 0 Å². The Kier molecular flexibility index (Phi) is 102. The van der Waals surface area contributed by atoms with Crippen molar-refractivity contribution < 1.29 is 39.3 Å². The fraction of sp³-hybridized carbons (Fsp3) is 1.00. The molecule has 50 valence electrons. The summed E-state index contributed by atoms with van der Waals surface area (Å²) in [6.45, 7) is 3.32. The van der Waals surface area contributed by atoms with E-state index >= 15 is 0 Å². The summed E-state index contributed by atoms with van der Waals surface area (Å²) in [5, 5.41) is 2.12. The molecule has 0 saturated heterocycles. The van der Waals surface area contributed by atoms with Crippen LogP contribution in [0.2, 0.25) is 0 Å². The summed E-state index contributed by atoms with van der Waals surface area (Å²) in [5.74, 6) is 0. The van der Waals surface area contributed by atoms with E-state index in [1.54, 1.807) is 0 Å². The molecule has 0 aromatic rings. The van der Waals surface area contributed by atoms with Crippen LogP contribution in [0.3, 0.4) is 0 Å².